The van der Waals surface area contributed by atoms with Gasteiger partial charge in [0.25, 0.3) is 0 Å². The molecule has 8 heteroatoms. The highest BCUT2D eigenvalue weighted by molar-refractivity contribution is 5.74. The Morgan fingerprint density at radius 3 is 2.64 bits per heavy atom. The molecule has 0 aliphatic carbocycles. The van der Waals surface area contributed by atoms with Crippen LogP contribution in [0.15, 0.2) is 18.2 Å². The zero-order valence-electron chi connectivity index (χ0n) is 14.7. The van der Waals surface area contributed by atoms with Gasteiger partial charge < -0.3 is 20.3 Å². The molecule has 1 saturated heterocycles. The predicted octanol–water partition coefficient (Wildman–Crippen LogP) is 1.28. The Bertz CT molecular complexity index is 566. The van der Waals surface area contributed by atoms with Gasteiger partial charge in [0.1, 0.15) is 12.4 Å². The summed E-state index contributed by atoms with van der Waals surface area (Å²) >= 11 is 0. The molecule has 0 spiro atoms. The number of ether oxygens (including phenoxy) is 1. The first-order valence-corrected chi connectivity index (χ1v) is 8.47. The van der Waals surface area contributed by atoms with Crippen LogP contribution in [0.5, 0.6) is 5.75 Å². The first kappa shape index (κ1) is 19.4. The summed E-state index contributed by atoms with van der Waals surface area (Å²) in [4.78, 5) is 16.5. The molecule has 0 saturated carbocycles. The lowest BCUT2D eigenvalue weighted by molar-refractivity contribution is 0.144. The number of nitrogens with zero attached hydrogens (tertiary/aromatic N) is 2. The average Bonchev–Trinajstić information content (AvgIpc) is 2.57. The fraction of sp³-hybridized carbons (Fsp3) is 0.588. The van der Waals surface area contributed by atoms with Gasteiger partial charge in [0.05, 0.1) is 6.54 Å². The number of urea groups is 1. The molecule has 140 valence electrons. The molecule has 6 nitrogen and oxygen atoms in total. The van der Waals surface area contributed by atoms with Crippen LogP contribution in [0.1, 0.15) is 6.92 Å². The Morgan fingerprint density at radius 1 is 1.24 bits per heavy atom. The number of piperazine rings is 1. The molecule has 25 heavy (non-hydrogen) atoms. The van der Waals surface area contributed by atoms with Crippen LogP contribution in [-0.2, 0) is 0 Å². The first-order chi connectivity index (χ1) is 11.9. The van der Waals surface area contributed by atoms with Crippen molar-refractivity contribution >= 4 is 6.03 Å². The van der Waals surface area contributed by atoms with E-state index in [-0.39, 0.29) is 31.0 Å². The normalized spacial score (nSPS) is 17.1. The lowest BCUT2D eigenvalue weighted by atomic mass is 10.2. The zero-order chi connectivity index (χ0) is 18.2. The zero-order valence-corrected chi connectivity index (χ0v) is 14.7. The number of hydrogen-bond donors (Lipinski definition) is 2. The van der Waals surface area contributed by atoms with Crippen molar-refractivity contribution in [1.82, 2.24) is 20.4 Å². The van der Waals surface area contributed by atoms with E-state index in [1.54, 1.807) is 0 Å². The van der Waals surface area contributed by atoms with Gasteiger partial charge in [-0.05, 0) is 26.1 Å². The summed E-state index contributed by atoms with van der Waals surface area (Å²) in [5, 5.41) is 5.57. The minimum absolute atomic E-state index is 0.0375. The van der Waals surface area contributed by atoms with E-state index in [2.05, 4.69) is 27.5 Å². The SMILES string of the molecule is CC(CN1CCN(C)CC1)NC(=O)NCCOc1ccc(F)c(F)c1. The van der Waals surface area contributed by atoms with E-state index in [0.29, 0.717) is 0 Å². The molecule has 0 bridgehead atoms. The smallest absolute Gasteiger partial charge is 0.315 e. The summed E-state index contributed by atoms with van der Waals surface area (Å²) in [6, 6.07) is 3.10. The Balaban J connectivity index is 1.59. The van der Waals surface area contributed by atoms with Crippen LogP contribution in [0.4, 0.5) is 13.6 Å². The molecule has 1 unspecified atom stereocenters. The van der Waals surface area contributed by atoms with E-state index in [9.17, 15) is 13.6 Å². The van der Waals surface area contributed by atoms with Crippen LogP contribution in [0, 0.1) is 11.6 Å². The van der Waals surface area contributed by atoms with E-state index in [1.807, 2.05) is 6.92 Å². The average molecular weight is 356 g/mol. The van der Waals surface area contributed by atoms with E-state index >= 15 is 0 Å². The van der Waals surface area contributed by atoms with Gasteiger partial charge in [-0.15, -0.1) is 0 Å². The summed E-state index contributed by atoms with van der Waals surface area (Å²) in [5.74, 6) is -1.65. The van der Waals surface area contributed by atoms with Crippen molar-refractivity contribution in [1.29, 1.82) is 0 Å². The third-order valence-corrected chi connectivity index (χ3v) is 4.05. The minimum atomic E-state index is -0.957. The number of hydrogen-bond acceptors (Lipinski definition) is 4. The van der Waals surface area contributed by atoms with Gasteiger partial charge in [-0.3, -0.25) is 4.90 Å². The Kier molecular flexibility index (Phi) is 7.39. The second-order valence-electron chi connectivity index (χ2n) is 6.33. The number of halogens is 2. The van der Waals surface area contributed by atoms with Crippen molar-refractivity contribution in [3.05, 3.63) is 29.8 Å². The van der Waals surface area contributed by atoms with Crippen LogP contribution in [-0.4, -0.2) is 74.8 Å². The third-order valence-electron chi connectivity index (χ3n) is 4.05. The maximum atomic E-state index is 13.0. The van der Waals surface area contributed by atoms with E-state index in [0.717, 1.165) is 44.9 Å². The number of carbonyl (C=O) groups is 1. The van der Waals surface area contributed by atoms with Crippen molar-refractivity contribution in [3.8, 4) is 5.75 Å². The molecule has 0 aromatic heterocycles. The Hall–Kier alpha value is -1.93. The molecule has 0 radical (unpaired) electrons. The van der Waals surface area contributed by atoms with Crippen molar-refractivity contribution in [2.75, 3.05) is 52.9 Å². The standard InChI is InChI=1S/C17H26F2N4O2/c1-13(12-23-8-6-22(2)7-9-23)21-17(24)20-5-10-25-14-3-4-15(18)16(19)11-14/h3-4,11,13H,5-10,12H2,1-2H3,(H2,20,21,24). The van der Waals surface area contributed by atoms with E-state index in [1.165, 1.54) is 6.07 Å². The fourth-order valence-corrected chi connectivity index (χ4v) is 2.64. The van der Waals surface area contributed by atoms with Crippen molar-refractivity contribution in [3.63, 3.8) is 0 Å². The van der Waals surface area contributed by atoms with E-state index in [4.69, 9.17) is 4.74 Å². The molecule has 2 rings (SSSR count). The largest absolute Gasteiger partial charge is 0.492 e. The second kappa shape index (κ2) is 9.53. The number of benzene rings is 1. The molecule has 1 aromatic rings. The Morgan fingerprint density at radius 2 is 1.96 bits per heavy atom. The van der Waals surface area contributed by atoms with Gasteiger partial charge in [-0.2, -0.15) is 0 Å². The van der Waals surface area contributed by atoms with Gasteiger partial charge >= 0.3 is 6.03 Å². The highest BCUT2D eigenvalue weighted by Gasteiger charge is 2.16. The number of amides is 2. The summed E-state index contributed by atoms with van der Waals surface area (Å²) in [7, 11) is 2.11. The van der Waals surface area contributed by atoms with Gasteiger partial charge in [-0.25, -0.2) is 13.6 Å². The third kappa shape index (κ3) is 6.83. The molecule has 1 heterocycles. The predicted molar refractivity (Wildman–Crippen MR) is 91.8 cm³/mol. The van der Waals surface area contributed by atoms with Crippen LogP contribution >= 0.6 is 0 Å². The molecular weight excluding hydrogens is 330 g/mol. The molecule has 1 aromatic carbocycles. The van der Waals surface area contributed by atoms with Gasteiger partial charge in [0.2, 0.25) is 0 Å². The molecule has 1 aliphatic rings. The molecule has 2 N–H and O–H groups in total. The Labute approximate surface area is 147 Å². The maximum Gasteiger partial charge on any atom is 0.315 e. The van der Waals surface area contributed by atoms with Gasteiger partial charge in [0, 0.05) is 44.8 Å². The molecule has 2 amide bonds. The number of rotatable bonds is 7. The van der Waals surface area contributed by atoms with E-state index < -0.39 is 11.6 Å². The quantitative estimate of drug-likeness (QED) is 0.723. The van der Waals surface area contributed by atoms with Crippen molar-refractivity contribution < 1.29 is 18.3 Å². The second-order valence-corrected chi connectivity index (χ2v) is 6.33. The summed E-state index contributed by atoms with van der Waals surface area (Å²) in [5.41, 5.74) is 0. The number of carbonyl (C=O) groups excluding carboxylic acids is 1. The molecule has 1 aliphatic heterocycles. The lowest BCUT2D eigenvalue weighted by Gasteiger charge is -2.34. The number of nitrogens with one attached hydrogen (secondary N) is 2. The first-order valence-electron chi connectivity index (χ1n) is 8.47. The maximum absolute atomic E-state index is 13.0. The lowest BCUT2D eigenvalue weighted by Crippen LogP contribution is -2.51. The monoisotopic (exact) mass is 356 g/mol. The van der Waals surface area contributed by atoms with Crippen LogP contribution in [0.2, 0.25) is 0 Å². The summed E-state index contributed by atoms with van der Waals surface area (Å²) < 4.78 is 31.1. The molecule has 1 atom stereocenters. The van der Waals surface area contributed by atoms with Crippen molar-refractivity contribution in [2.45, 2.75) is 13.0 Å². The fourth-order valence-electron chi connectivity index (χ4n) is 2.64. The van der Waals surface area contributed by atoms with Crippen molar-refractivity contribution in [2.24, 2.45) is 0 Å². The minimum Gasteiger partial charge on any atom is -0.492 e. The highest BCUT2D eigenvalue weighted by Crippen LogP contribution is 2.14. The number of likely N-dealkylation sites (N-methyl/N-ethyl adjacent to an activating group) is 1. The summed E-state index contributed by atoms with van der Waals surface area (Å²) in [6.45, 7) is 7.32. The molecule has 1 fully saturated rings. The van der Waals surface area contributed by atoms with Crippen LogP contribution < -0.4 is 15.4 Å². The summed E-state index contributed by atoms with van der Waals surface area (Å²) in [6.07, 6.45) is 0. The van der Waals surface area contributed by atoms with Gasteiger partial charge in [-0.1, -0.05) is 0 Å². The molecular formula is C17H26F2N4O2. The van der Waals surface area contributed by atoms with Crippen LogP contribution in [0.3, 0.4) is 0 Å². The van der Waals surface area contributed by atoms with Gasteiger partial charge in [0.15, 0.2) is 11.6 Å². The topological polar surface area (TPSA) is 56.8 Å². The van der Waals surface area contributed by atoms with Crippen LogP contribution in [0.25, 0.3) is 0 Å². The highest BCUT2D eigenvalue weighted by atomic mass is 19.2.